The fourth-order valence-corrected chi connectivity index (χ4v) is 4.22. The number of amides is 2. The fraction of sp³-hybridized carbons (Fsp3) is 0.450. The van der Waals surface area contributed by atoms with Gasteiger partial charge in [-0.15, -0.1) is 0 Å². The summed E-state index contributed by atoms with van der Waals surface area (Å²) in [5.74, 6) is 0.766. The Morgan fingerprint density at radius 1 is 1.31 bits per heavy atom. The Morgan fingerprint density at radius 2 is 2.19 bits per heavy atom. The number of hydrogen-bond acceptors (Lipinski definition) is 4. The second-order valence-electron chi connectivity index (χ2n) is 7.34. The zero-order valence-corrected chi connectivity index (χ0v) is 15.0. The highest BCUT2D eigenvalue weighted by molar-refractivity contribution is 5.96. The normalized spacial score (nSPS) is 23.0. The maximum Gasteiger partial charge on any atom is 0.257 e. The van der Waals surface area contributed by atoms with Gasteiger partial charge in [-0.05, 0) is 43.9 Å². The van der Waals surface area contributed by atoms with E-state index in [1.807, 2.05) is 21.9 Å². The Morgan fingerprint density at radius 3 is 2.92 bits per heavy atom. The van der Waals surface area contributed by atoms with E-state index in [1.54, 1.807) is 31.6 Å². The number of hydrogen-bond donors (Lipinski definition) is 0. The summed E-state index contributed by atoms with van der Waals surface area (Å²) in [6.07, 6.45) is 7.59. The third-order valence-corrected chi connectivity index (χ3v) is 5.65. The van der Waals surface area contributed by atoms with Crippen molar-refractivity contribution in [2.45, 2.75) is 32.7 Å². The van der Waals surface area contributed by atoms with Gasteiger partial charge in [0.05, 0.1) is 17.2 Å². The van der Waals surface area contributed by atoms with Crippen molar-refractivity contribution in [3.8, 4) is 0 Å². The predicted octanol–water partition coefficient (Wildman–Crippen LogP) is 2.64. The van der Waals surface area contributed by atoms with Gasteiger partial charge in [0.25, 0.3) is 5.91 Å². The van der Waals surface area contributed by atoms with Crippen molar-refractivity contribution in [1.82, 2.24) is 14.8 Å². The minimum absolute atomic E-state index is 0.0335. The molecule has 1 spiro atoms. The quantitative estimate of drug-likeness (QED) is 0.851. The summed E-state index contributed by atoms with van der Waals surface area (Å²) in [5, 5.41) is 0. The van der Waals surface area contributed by atoms with Crippen molar-refractivity contribution in [1.29, 1.82) is 0 Å². The van der Waals surface area contributed by atoms with E-state index in [4.69, 9.17) is 4.42 Å². The summed E-state index contributed by atoms with van der Waals surface area (Å²) < 4.78 is 5.27. The molecule has 6 nitrogen and oxygen atoms in total. The van der Waals surface area contributed by atoms with Crippen molar-refractivity contribution in [2.24, 2.45) is 5.41 Å². The van der Waals surface area contributed by atoms with E-state index >= 15 is 0 Å². The Labute approximate surface area is 152 Å². The number of piperidine rings is 1. The maximum atomic E-state index is 13.2. The van der Waals surface area contributed by atoms with Gasteiger partial charge in [-0.1, -0.05) is 6.07 Å². The molecule has 136 valence electrons. The van der Waals surface area contributed by atoms with Crippen LogP contribution in [0.1, 0.15) is 40.9 Å². The molecule has 6 heteroatoms. The molecule has 2 fully saturated rings. The van der Waals surface area contributed by atoms with Gasteiger partial charge in [0.15, 0.2) is 0 Å². The van der Waals surface area contributed by atoms with E-state index in [1.165, 1.54) is 0 Å². The third kappa shape index (κ3) is 2.89. The van der Waals surface area contributed by atoms with Crippen LogP contribution in [-0.2, 0) is 11.3 Å². The minimum atomic E-state index is -0.437. The van der Waals surface area contributed by atoms with E-state index in [0.717, 1.165) is 31.4 Å². The number of nitrogens with zero attached hydrogens (tertiary/aromatic N) is 3. The zero-order valence-electron chi connectivity index (χ0n) is 15.0. The highest BCUT2D eigenvalue weighted by Gasteiger charge is 2.49. The molecule has 0 aliphatic carbocycles. The lowest BCUT2D eigenvalue weighted by Crippen LogP contribution is -2.49. The predicted molar refractivity (Wildman–Crippen MR) is 95.3 cm³/mol. The van der Waals surface area contributed by atoms with E-state index in [0.29, 0.717) is 31.0 Å². The van der Waals surface area contributed by atoms with Gasteiger partial charge < -0.3 is 14.2 Å². The molecule has 2 amide bonds. The van der Waals surface area contributed by atoms with E-state index in [2.05, 4.69) is 4.98 Å². The van der Waals surface area contributed by atoms with Crippen molar-refractivity contribution < 1.29 is 14.0 Å². The van der Waals surface area contributed by atoms with Crippen LogP contribution >= 0.6 is 0 Å². The zero-order chi connectivity index (χ0) is 18.1. The molecule has 0 radical (unpaired) electrons. The number of carbonyl (C=O) groups is 2. The molecule has 4 heterocycles. The number of aromatic nitrogens is 1. The second kappa shape index (κ2) is 6.59. The van der Waals surface area contributed by atoms with Crippen molar-refractivity contribution in [3.05, 3.63) is 53.7 Å². The number of rotatable bonds is 3. The molecule has 2 aromatic heterocycles. The molecule has 0 aromatic carbocycles. The van der Waals surface area contributed by atoms with Gasteiger partial charge in [-0.25, -0.2) is 0 Å². The SMILES string of the molecule is Cc1occc1C(=O)N1CCC[C@@]2(CCN(Cc3cccnc3)C2=O)C1. The molecule has 2 saturated heterocycles. The van der Waals surface area contributed by atoms with Gasteiger partial charge >= 0.3 is 0 Å². The summed E-state index contributed by atoms with van der Waals surface area (Å²) in [6, 6.07) is 5.59. The summed E-state index contributed by atoms with van der Waals surface area (Å²) >= 11 is 0. The number of pyridine rings is 1. The first-order valence-corrected chi connectivity index (χ1v) is 9.11. The smallest absolute Gasteiger partial charge is 0.257 e. The molecule has 2 aromatic rings. The molecule has 2 aliphatic rings. The molecule has 0 N–H and O–H groups in total. The first kappa shape index (κ1) is 16.8. The van der Waals surface area contributed by atoms with Gasteiger partial charge in [0.2, 0.25) is 5.91 Å². The highest BCUT2D eigenvalue weighted by atomic mass is 16.3. The molecular weight excluding hydrogens is 330 g/mol. The van der Waals surface area contributed by atoms with Crippen LogP contribution in [0.15, 0.2) is 41.3 Å². The Kier molecular flexibility index (Phi) is 4.26. The lowest BCUT2D eigenvalue weighted by atomic mass is 9.78. The van der Waals surface area contributed by atoms with E-state index < -0.39 is 5.41 Å². The molecule has 0 saturated carbocycles. The molecule has 1 atom stereocenters. The van der Waals surface area contributed by atoms with Crippen LogP contribution in [0, 0.1) is 12.3 Å². The molecule has 2 aliphatic heterocycles. The Balaban J connectivity index is 1.49. The van der Waals surface area contributed by atoms with Gasteiger partial charge in [0, 0.05) is 38.6 Å². The Hall–Kier alpha value is -2.63. The van der Waals surface area contributed by atoms with Crippen LogP contribution in [0.4, 0.5) is 0 Å². The summed E-state index contributed by atoms with van der Waals surface area (Å²) in [4.78, 5) is 33.9. The van der Waals surface area contributed by atoms with Crippen LogP contribution in [0.25, 0.3) is 0 Å². The average Bonchev–Trinajstić information content (AvgIpc) is 3.21. The molecule has 4 rings (SSSR count). The second-order valence-corrected chi connectivity index (χ2v) is 7.34. The molecule has 0 bridgehead atoms. The van der Waals surface area contributed by atoms with Crippen LogP contribution in [-0.4, -0.2) is 46.2 Å². The first-order chi connectivity index (χ1) is 12.6. The lowest BCUT2D eigenvalue weighted by Gasteiger charge is -2.39. The van der Waals surface area contributed by atoms with Crippen LogP contribution in [0.3, 0.4) is 0 Å². The average molecular weight is 353 g/mol. The van der Waals surface area contributed by atoms with Gasteiger partial charge in [-0.3, -0.25) is 14.6 Å². The fourth-order valence-electron chi connectivity index (χ4n) is 4.22. The van der Waals surface area contributed by atoms with Crippen molar-refractivity contribution in [3.63, 3.8) is 0 Å². The van der Waals surface area contributed by atoms with Gasteiger partial charge in [-0.2, -0.15) is 0 Å². The number of likely N-dealkylation sites (tertiary alicyclic amines) is 2. The largest absolute Gasteiger partial charge is 0.469 e. The standard InChI is InChI=1S/C20H23N3O3/c1-15-17(5-11-26-15)18(24)23-9-3-6-20(14-23)7-10-22(19(20)25)13-16-4-2-8-21-12-16/h2,4-5,8,11-12H,3,6-7,9-10,13-14H2,1H3/t20-/m1/s1. The number of furan rings is 1. The summed E-state index contributed by atoms with van der Waals surface area (Å²) in [6.45, 7) is 4.31. The lowest BCUT2D eigenvalue weighted by molar-refractivity contribution is -0.138. The summed E-state index contributed by atoms with van der Waals surface area (Å²) in [5.41, 5.74) is 1.20. The van der Waals surface area contributed by atoms with E-state index in [9.17, 15) is 9.59 Å². The van der Waals surface area contributed by atoms with E-state index in [-0.39, 0.29) is 11.8 Å². The third-order valence-electron chi connectivity index (χ3n) is 5.65. The molecule has 0 unspecified atom stereocenters. The highest BCUT2D eigenvalue weighted by Crippen LogP contribution is 2.41. The first-order valence-electron chi connectivity index (χ1n) is 9.11. The Bertz CT molecular complexity index is 817. The van der Waals surface area contributed by atoms with Crippen LogP contribution < -0.4 is 0 Å². The number of aryl methyl sites for hydroxylation is 1. The topological polar surface area (TPSA) is 66.7 Å². The monoisotopic (exact) mass is 353 g/mol. The molecule has 26 heavy (non-hydrogen) atoms. The van der Waals surface area contributed by atoms with Crippen molar-refractivity contribution >= 4 is 11.8 Å². The minimum Gasteiger partial charge on any atom is -0.469 e. The van der Waals surface area contributed by atoms with Crippen LogP contribution in [0.5, 0.6) is 0 Å². The maximum absolute atomic E-state index is 13.2. The summed E-state index contributed by atoms with van der Waals surface area (Å²) in [7, 11) is 0. The van der Waals surface area contributed by atoms with Gasteiger partial charge in [0.1, 0.15) is 5.76 Å². The van der Waals surface area contributed by atoms with Crippen LogP contribution in [0.2, 0.25) is 0 Å². The number of carbonyl (C=O) groups excluding carboxylic acids is 2. The molecular formula is C20H23N3O3. The van der Waals surface area contributed by atoms with Crippen molar-refractivity contribution in [2.75, 3.05) is 19.6 Å².